The summed E-state index contributed by atoms with van der Waals surface area (Å²) >= 11 is 5.94. The number of allylic oxidation sites excluding steroid dienone is 2. The number of aliphatic hydroxyl groups excluding tert-OH is 2. The van der Waals surface area contributed by atoms with E-state index in [0.717, 1.165) is 18.4 Å². The van der Waals surface area contributed by atoms with Crippen LogP contribution >= 0.6 is 11.6 Å². The van der Waals surface area contributed by atoms with Gasteiger partial charge in [0.1, 0.15) is 6.10 Å². The maximum Gasteiger partial charge on any atom is 0.305 e. The summed E-state index contributed by atoms with van der Waals surface area (Å²) in [5.41, 5.74) is 1.01. The summed E-state index contributed by atoms with van der Waals surface area (Å²) < 4.78 is 16.3. The van der Waals surface area contributed by atoms with Crippen LogP contribution in [0.4, 0.5) is 0 Å². The number of rotatable bonds is 9. The van der Waals surface area contributed by atoms with Gasteiger partial charge in [-0.1, -0.05) is 42.0 Å². The molecule has 1 saturated carbocycles. The van der Waals surface area contributed by atoms with Crippen molar-refractivity contribution in [3.63, 3.8) is 0 Å². The molecule has 3 rings (SSSR count). The third-order valence-corrected chi connectivity index (χ3v) is 6.16. The van der Waals surface area contributed by atoms with E-state index in [0.29, 0.717) is 30.9 Å². The van der Waals surface area contributed by atoms with Gasteiger partial charge < -0.3 is 24.4 Å². The fraction of sp³-hybridized carbons (Fsp3) is 0.542. The van der Waals surface area contributed by atoms with Gasteiger partial charge in [0.25, 0.3) is 0 Å². The lowest BCUT2D eigenvalue weighted by atomic mass is 9.90. The number of carbonyl (C=O) groups is 1. The summed E-state index contributed by atoms with van der Waals surface area (Å²) in [6, 6.07) is 7.50. The third-order valence-electron chi connectivity index (χ3n) is 5.91. The van der Waals surface area contributed by atoms with Gasteiger partial charge in [0.15, 0.2) is 6.29 Å². The molecule has 0 amide bonds. The monoisotopic (exact) mass is 450 g/mol. The van der Waals surface area contributed by atoms with E-state index < -0.39 is 18.5 Å². The maximum atomic E-state index is 11.1. The maximum absolute atomic E-state index is 11.1. The van der Waals surface area contributed by atoms with E-state index in [9.17, 15) is 15.0 Å². The number of ether oxygens (including phenoxy) is 3. The molecular formula is C24H31ClO6. The van der Waals surface area contributed by atoms with Crippen LogP contribution in [-0.2, 0) is 19.0 Å². The highest BCUT2D eigenvalue weighted by atomic mass is 35.5. The number of hydrogen-bond donors (Lipinski definition) is 2. The van der Waals surface area contributed by atoms with Crippen molar-refractivity contribution in [1.29, 1.82) is 0 Å². The standard InChI is InChI=1S/C24H31ClO6/c1-29-23(28)7-5-3-2-4-6-18-19(21(27)14-20(18)26)12-13-24-30-15-22(31-24)16-8-10-17(25)11-9-16/h2,4,8-13,18-22,24,26-27H,3,5-7,14-15H2,1H3/b4-2-,13-12+. The Balaban J connectivity index is 1.49. The Morgan fingerprint density at radius 3 is 2.71 bits per heavy atom. The fourth-order valence-electron chi connectivity index (χ4n) is 4.14. The molecule has 1 aliphatic carbocycles. The van der Waals surface area contributed by atoms with Gasteiger partial charge >= 0.3 is 5.97 Å². The number of aliphatic hydroxyl groups is 2. The smallest absolute Gasteiger partial charge is 0.305 e. The minimum atomic E-state index is -0.600. The van der Waals surface area contributed by atoms with E-state index in [4.69, 9.17) is 21.1 Å². The Bertz CT molecular complexity index is 762. The molecule has 0 radical (unpaired) electrons. The van der Waals surface area contributed by atoms with Gasteiger partial charge in [0.2, 0.25) is 0 Å². The van der Waals surface area contributed by atoms with E-state index >= 15 is 0 Å². The predicted molar refractivity (Wildman–Crippen MR) is 117 cm³/mol. The van der Waals surface area contributed by atoms with Gasteiger partial charge in [-0.3, -0.25) is 4.79 Å². The molecular weight excluding hydrogens is 420 g/mol. The summed E-state index contributed by atoms with van der Waals surface area (Å²) in [6.07, 6.45) is 8.88. The summed E-state index contributed by atoms with van der Waals surface area (Å²) in [4.78, 5) is 11.1. The summed E-state index contributed by atoms with van der Waals surface area (Å²) in [7, 11) is 1.39. The first kappa shape index (κ1) is 24.0. The molecule has 0 aromatic heterocycles. The van der Waals surface area contributed by atoms with Crippen molar-refractivity contribution in [3.8, 4) is 0 Å². The van der Waals surface area contributed by atoms with Crippen LogP contribution in [0.25, 0.3) is 0 Å². The topological polar surface area (TPSA) is 85.2 Å². The quantitative estimate of drug-likeness (QED) is 0.336. The number of halogens is 1. The van der Waals surface area contributed by atoms with E-state index in [2.05, 4.69) is 4.74 Å². The number of hydrogen-bond acceptors (Lipinski definition) is 6. The normalized spacial score (nSPS) is 31.1. The van der Waals surface area contributed by atoms with E-state index in [1.807, 2.05) is 48.6 Å². The van der Waals surface area contributed by atoms with Crippen LogP contribution in [0.15, 0.2) is 48.6 Å². The van der Waals surface area contributed by atoms with Crippen LogP contribution in [0.2, 0.25) is 5.02 Å². The molecule has 170 valence electrons. The molecule has 0 bridgehead atoms. The Morgan fingerprint density at radius 1 is 1.19 bits per heavy atom. The highest BCUT2D eigenvalue weighted by molar-refractivity contribution is 6.30. The van der Waals surface area contributed by atoms with Gasteiger partial charge in [0, 0.05) is 23.8 Å². The zero-order chi connectivity index (χ0) is 22.2. The highest BCUT2D eigenvalue weighted by Gasteiger charge is 2.39. The largest absolute Gasteiger partial charge is 0.469 e. The Labute approximate surface area is 188 Å². The lowest BCUT2D eigenvalue weighted by Crippen LogP contribution is -2.20. The van der Waals surface area contributed by atoms with Crippen molar-refractivity contribution >= 4 is 17.6 Å². The highest BCUT2D eigenvalue weighted by Crippen LogP contribution is 2.37. The molecule has 0 spiro atoms. The second-order valence-corrected chi connectivity index (χ2v) is 8.49. The molecule has 6 atom stereocenters. The third kappa shape index (κ3) is 6.89. The molecule has 1 aliphatic heterocycles. The summed E-state index contributed by atoms with van der Waals surface area (Å²) in [5, 5.41) is 21.5. The van der Waals surface area contributed by atoms with Gasteiger partial charge in [-0.25, -0.2) is 0 Å². The SMILES string of the molecule is COC(=O)CCC/C=C\CC1C(O)CC(O)C1/C=C/C1OCC(c2ccc(Cl)cc2)O1. The van der Waals surface area contributed by atoms with E-state index in [1.54, 1.807) is 0 Å². The van der Waals surface area contributed by atoms with Gasteiger partial charge in [0.05, 0.1) is 25.9 Å². The van der Waals surface area contributed by atoms with Crippen LogP contribution in [0, 0.1) is 11.8 Å². The van der Waals surface area contributed by atoms with Crippen molar-refractivity contribution in [2.24, 2.45) is 11.8 Å². The number of benzene rings is 1. The average molecular weight is 451 g/mol. The zero-order valence-electron chi connectivity index (χ0n) is 17.7. The first-order valence-corrected chi connectivity index (χ1v) is 11.1. The number of carbonyl (C=O) groups excluding carboxylic acids is 1. The Morgan fingerprint density at radius 2 is 1.97 bits per heavy atom. The Kier molecular flexibility index (Phi) is 9.11. The predicted octanol–water partition coefficient (Wildman–Crippen LogP) is 3.96. The van der Waals surface area contributed by atoms with Gasteiger partial charge in [-0.15, -0.1) is 0 Å². The van der Waals surface area contributed by atoms with Crippen LogP contribution in [0.5, 0.6) is 0 Å². The first-order chi connectivity index (χ1) is 15.0. The van der Waals surface area contributed by atoms with Crippen LogP contribution in [0.1, 0.15) is 43.8 Å². The van der Waals surface area contributed by atoms with Crippen molar-refractivity contribution < 1.29 is 29.2 Å². The van der Waals surface area contributed by atoms with Crippen molar-refractivity contribution in [2.45, 2.75) is 56.7 Å². The molecule has 1 heterocycles. The lowest BCUT2D eigenvalue weighted by Gasteiger charge is -2.19. The fourth-order valence-corrected chi connectivity index (χ4v) is 4.26. The minimum absolute atomic E-state index is 0.0726. The van der Waals surface area contributed by atoms with Crippen LogP contribution < -0.4 is 0 Å². The minimum Gasteiger partial charge on any atom is -0.469 e. The molecule has 1 aromatic rings. The number of methoxy groups -OCH3 is 1. The molecule has 2 aliphatic rings. The molecule has 7 heteroatoms. The molecule has 6 unspecified atom stereocenters. The molecule has 2 N–H and O–H groups in total. The summed E-state index contributed by atoms with van der Waals surface area (Å²) in [6.45, 7) is 0.449. The molecule has 2 fully saturated rings. The molecule has 1 saturated heterocycles. The number of esters is 1. The van der Waals surface area contributed by atoms with E-state index in [-0.39, 0.29) is 23.9 Å². The molecule has 6 nitrogen and oxygen atoms in total. The average Bonchev–Trinajstić information content (AvgIpc) is 3.33. The van der Waals surface area contributed by atoms with Gasteiger partial charge in [-0.2, -0.15) is 0 Å². The second-order valence-electron chi connectivity index (χ2n) is 8.05. The lowest BCUT2D eigenvalue weighted by molar-refractivity contribution is -0.140. The first-order valence-electron chi connectivity index (χ1n) is 10.8. The van der Waals surface area contributed by atoms with Crippen molar-refractivity contribution in [2.75, 3.05) is 13.7 Å². The van der Waals surface area contributed by atoms with Crippen LogP contribution in [0.3, 0.4) is 0 Å². The molecule has 31 heavy (non-hydrogen) atoms. The number of unbranched alkanes of at least 4 members (excludes halogenated alkanes) is 1. The van der Waals surface area contributed by atoms with Crippen molar-refractivity contribution in [3.05, 3.63) is 59.2 Å². The zero-order valence-corrected chi connectivity index (χ0v) is 18.5. The second kappa shape index (κ2) is 11.8. The van der Waals surface area contributed by atoms with Crippen LogP contribution in [-0.4, -0.2) is 48.4 Å². The Hall–Kier alpha value is -1.70. The van der Waals surface area contributed by atoms with E-state index in [1.165, 1.54) is 7.11 Å². The van der Waals surface area contributed by atoms with Crippen molar-refractivity contribution in [1.82, 2.24) is 0 Å². The molecule has 1 aromatic carbocycles. The van der Waals surface area contributed by atoms with Gasteiger partial charge in [-0.05, 0) is 49.0 Å². The summed E-state index contributed by atoms with van der Waals surface area (Å²) in [5.74, 6) is -0.448.